The van der Waals surface area contributed by atoms with Crippen molar-refractivity contribution in [3.8, 4) is 0 Å². The van der Waals surface area contributed by atoms with Crippen LogP contribution in [-0.2, 0) is 9.59 Å². The number of H-pyrrole nitrogens is 2. The number of fused-ring (bicyclic) bond motifs is 8. The lowest BCUT2D eigenvalue weighted by Crippen LogP contribution is -2.06. The second kappa shape index (κ2) is 11.9. The molecule has 44 heavy (non-hydrogen) atoms. The van der Waals surface area contributed by atoms with E-state index in [0.717, 1.165) is 72.4 Å². The Morgan fingerprint density at radius 3 is 2.18 bits per heavy atom. The van der Waals surface area contributed by atoms with Crippen LogP contribution in [0.25, 0.3) is 38.8 Å². The van der Waals surface area contributed by atoms with Gasteiger partial charge in [0.15, 0.2) is 0 Å². The summed E-state index contributed by atoms with van der Waals surface area (Å²) in [7, 11) is 0. The number of aromatic nitrogens is 4. The van der Waals surface area contributed by atoms with Crippen molar-refractivity contribution in [1.82, 2.24) is 19.9 Å². The highest BCUT2D eigenvalue weighted by Gasteiger charge is 2.30. The third-order valence-electron chi connectivity index (χ3n) is 9.03. The van der Waals surface area contributed by atoms with Gasteiger partial charge in [0.05, 0.1) is 17.5 Å². The molecular formula is C35H40N4O5. The van der Waals surface area contributed by atoms with Gasteiger partial charge in [0.2, 0.25) is 0 Å². The van der Waals surface area contributed by atoms with Gasteiger partial charge in [-0.3, -0.25) is 14.6 Å². The third kappa shape index (κ3) is 5.71. The van der Waals surface area contributed by atoms with E-state index in [9.17, 15) is 24.9 Å². The monoisotopic (exact) mass is 596 g/mol. The molecule has 5 heterocycles. The second-order valence-electron chi connectivity index (χ2n) is 12.1. The van der Waals surface area contributed by atoms with Crippen molar-refractivity contribution in [2.75, 3.05) is 0 Å². The molecule has 5 rings (SSSR count). The number of carboxylic acids is 2. The van der Waals surface area contributed by atoms with Crippen LogP contribution in [0.1, 0.15) is 116 Å². The number of hydrogen-bond donors (Lipinski definition) is 5. The average Bonchev–Trinajstić information content (AvgIpc) is 3.59. The van der Waals surface area contributed by atoms with Gasteiger partial charge in [-0.15, -0.1) is 0 Å². The predicted molar refractivity (Wildman–Crippen MR) is 173 cm³/mol. The van der Waals surface area contributed by atoms with Crippen LogP contribution in [0.5, 0.6) is 0 Å². The average molecular weight is 597 g/mol. The lowest BCUT2D eigenvalue weighted by molar-refractivity contribution is -0.138. The molecule has 3 atom stereocenters. The summed E-state index contributed by atoms with van der Waals surface area (Å²) in [6, 6.07) is 7.88. The van der Waals surface area contributed by atoms with Crippen LogP contribution in [-0.4, -0.2) is 47.2 Å². The quantitative estimate of drug-likeness (QED) is 0.180. The Kier molecular flexibility index (Phi) is 8.36. The molecule has 0 saturated carbocycles. The fraction of sp³-hybridized carbons (Fsp3) is 0.371. The summed E-state index contributed by atoms with van der Waals surface area (Å²) < 4.78 is 0. The zero-order chi connectivity index (χ0) is 32.0. The first-order valence-electron chi connectivity index (χ1n) is 15.0. The molecule has 0 saturated heterocycles. The Hall–Kier alpha value is -4.50. The summed E-state index contributed by atoms with van der Waals surface area (Å²) in [6.45, 7) is 16.0. The number of carboxylic acid groups (broad SMARTS) is 2. The number of nitrogens with zero attached hydrogens (tertiary/aromatic N) is 2. The number of aliphatic hydroxyl groups excluding tert-OH is 1. The van der Waals surface area contributed by atoms with Crippen LogP contribution >= 0.6 is 0 Å². The van der Waals surface area contributed by atoms with Crippen molar-refractivity contribution in [2.45, 2.75) is 85.2 Å². The van der Waals surface area contributed by atoms with Crippen molar-refractivity contribution in [1.29, 1.82) is 0 Å². The highest BCUT2D eigenvalue weighted by molar-refractivity contribution is 5.93. The molecule has 8 bridgehead atoms. The fourth-order valence-electron chi connectivity index (χ4n) is 6.67. The number of aromatic amines is 2. The lowest BCUT2D eigenvalue weighted by Gasteiger charge is -2.15. The molecule has 0 aliphatic carbocycles. The first-order chi connectivity index (χ1) is 20.8. The summed E-state index contributed by atoms with van der Waals surface area (Å²) in [5.74, 6) is -1.97. The van der Waals surface area contributed by atoms with Gasteiger partial charge in [-0.05, 0) is 99.6 Å². The molecule has 0 radical (unpaired) electrons. The van der Waals surface area contributed by atoms with E-state index in [1.54, 1.807) is 6.92 Å². The number of hydrogen-bond acceptors (Lipinski definition) is 5. The molecule has 9 heteroatoms. The normalized spacial score (nSPS) is 17.2. The topological polar surface area (TPSA) is 152 Å². The van der Waals surface area contributed by atoms with Crippen LogP contribution in [0.4, 0.5) is 0 Å². The molecular weight excluding hydrogens is 556 g/mol. The Labute approximate surface area is 256 Å². The second-order valence-corrected chi connectivity index (χ2v) is 12.1. The Balaban J connectivity index is 1.93. The molecule has 0 fully saturated rings. The van der Waals surface area contributed by atoms with Crippen molar-refractivity contribution < 1.29 is 24.9 Å². The van der Waals surface area contributed by atoms with E-state index >= 15 is 0 Å². The molecule has 2 aliphatic heterocycles. The van der Waals surface area contributed by atoms with Gasteiger partial charge < -0.3 is 25.3 Å². The number of aliphatic hydroxyl groups is 1. The number of nitrogens with one attached hydrogen (secondary N) is 2. The minimum atomic E-state index is -0.900. The number of aliphatic carboxylic acids is 2. The summed E-state index contributed by atoms with van der Waals surface area (Å²) in [6.07, 6.45) is -0.0954. The lowest BCUT2D eigenvalue weighted by atomic mass is 9.87. The maximum Gasteiger partial charge on any atom is 0.303 e. The Morgan fingerprint density at radius 2 is 1.55 bits per heavy atom. The molecule has 230 valence electrons. The molecule has 3 aromatic heterocycles. The summed E-state index contributed by atoms with van der Waals surface area (Å²) in [5, 5.41) is 29.8. The molecule has 5 N–H and O–H groups in total. The van der Waals surface area contributed by atoms with Crippen LogP contribution < -0.4 is 0 Å². The molecule has 2 aliphatic rings. The van der Waals surface area contributed by atoms with Crippen LogP contribution in [0.15, 0.2) is 30.8 Å². The van der Waals surface area contributed by atoms with Crippen molar-refractivity contribution in [2.24, 2.45) is 0 Å². The fourth-order valence-corrected chi connectivity index (χ4v) is 6.67. The van der Waals surface area contributed by atoms with Crippen molar-refractivity contribution >= 4 is 50.7 Å². The van der Waals surface area contributed by atoms with Gasteiger partial charge in [0.25, 0.3) is 0 Å². The van der Waals surface area contributed by atoms with Gasteiger partial charge in [-0.2, -0.15) is 0 Å². The van der Waals surface area contributed by atoms with Crippen LogP contribution in [0.3, 0.4) is 0 Å². The van der Waals surface area contributed by atoms with Gasteiger partial charge in [-0.25, -0.2) is 4.98 Å². The first kappa shape index (κ1) is 30.9. The van der Waals surface area contributed by atoms with Gasteiger partial charge in [0.1, 0.15) is 0 Å². The number of allylic oxidation sites excluding steroid dienone is 3. The molecule has 0 aromatic carbocycles. The highest BCUT2D eigenvalue weighted by atomic mass is 16.4. The van der Waals surface area contributed by atoms with Gasteiger partial charge >= 0.3 is 11.9 Å². The molecule has 3 unspecified atom stereocenters. The standard InChI is InChI=1S/C35H40N4O5/c1-16(2)34-19(5)26-12-24-17(3)22(8-10-32(41)42)28(36-24)15-29-23(9-11-33(43)44)18(4)25(37-29)13-31-35(21(7)40)20(6)27(39-31)14-30(34)38-26/h12-15,17,21-22,38-40H,1,8-11H2,2-7H3,(H,41,42)(H,43,44). The summed E-state index contributed by atoms with van der Waals surface area (Å²) in [5.41, 5.74) is 12.5. The van der Waals surface area contributed by atoms with E-state index < -0.39 is 18.0 Å². The molecule has 3 aromatic rings. The Morgan fingerprint density at radius 1 is 0.886 bits per heavy atom. The number of rotatable bonds is 8. The zero-order valence-electron chi connectivity index (χ0n) is 26.1. The minimum absolute atomic E-state index is 0.00433. The maximum atomic E-state index is 11.6. The van der Waals surface area contributed by atoms with E-state index in [1.807, 2.05) is 52.0 Å². The smallest absolute Gasteiger partial charge is 0.303 e. The Bertz CT molecular complexity index is 1890. The SMILES string of the molecule is C=C(C)c1c(C)c2cc3nc(cc4nc(cc5[nH]c(cc1[nH]2)c(C)c5C(C)O)C(C)=C4CCC(=O)O)C(CCC(=O)O)C3C. The number of carbonyl (C=O) groups is 2. The molecule has 0 spiro atoms. The van der Waals surface area contributed by atoms with Gasteiger partial charge in [-0.1, -0.05) is 13.5 Å². The zero-order valence-corrected chi connectivity index (χ0v) is 26.1. The maximum absolute atomic E-state index is 11.6. The molecule has 9 nitrogen and oxygen atoms in total. The third-order valence-corrected chi connectivity index (χ3v) is 9.03. The molecule has 0 amide bonds. The first-order valence-corrected chi connectivity index (χ1v) is 15.0. The van der Waals surface area contributed by atoms with Crippen LogP contribution in [0, 0.1) is 13.8 Å². The number of aryl methyl sites for hydroxylation is 2. The van der Waals surface area contributed by atoms with E-state index in [2.05, 4.69) is 23.5 Å². The van der Waals surface area contributed by atoms with E-state index in [0.29, 0.717) is 24.2 Å². The largest absolute Gasteiger partial charge is 0.481 e. The van der Waals surface area contributed by atoms with Crippen molar-refractivity contribution in [3.63, 3.8) is 0 Å². The van der Waals surface area contributed by atoms with E-state index in [4.69, 9.17) is 9.97 Å². The highest BCUT2D eigenvalue weighted by Crippen LogP contribution is 2.42. The van der Waals surface area contributed by atoms with Gasteiger partial charge in [0, 0.05) is 69.3 Å². The minimum Gasteiger partial charge on any atom is -0.481 e. The summed E-state index contributed by atoms with van der Waals surface area (Å²) in [4.78, 5) is 40.2. The summed E-state index contributed by atoms with van der Waals surface area (Å²) >= 11 is 0. The van der Waals surface area contributed by atoms with E-state index in [1.165, 1.54) is 0 Å². The van der Waals surface area contributed by atoms with Crippen molar-refractivity contribution in [3.05, 3.63) is 75.9 Å². The van der Waals surface area contributed by atoms with Crippen LogP contribution in [0.2, 0.25) is 0 Å². The predicted octanol–water partition coefficient (Wildman–Crippen LogP) is 7.57. The van der Waals surface area contributed by atoms with E-state index in [-0.39, 0.29) is 24.7 Å².